The van der Waals surface area contributed by atoms with E-state index in [1.807, 2.05) is 0 Å². The van der Waals surface area contributed by atoms with E-state index in [4.69, 9.17) is 11.1 Å². The lowest BCUT2D eigenvalue weighted by atomic mass is 9.81. The lowest BCUT2D eigenvalue weighted by molar-refractivity contribution is -0.437. The summed E-state index contributed by atoms with van der Waals surface area (Å²) in [5.74, 6) is 0.791. The van der Waals surface area contributed by atoms with Crippen molar-refractivity contribution >= 4 is 44.1 Å². The number of allylic oxidation sites excluding steroid dienone is 4. The van der Waals surface area contributed by atoms with Crippen LogP contribution in [0.25, 0.3) is 0 Å². The molecule has 0 atom stereocenters. The van der Waals surface area contributed by atoms with E-state index < -0.39 is 15.5 Å². The predicted molar refractivity (Wildman–Crippen MR) is 158 cm³/mol. The minimum atomic E-state index is -4.29. The molecule has 202 valence electrons. The van der Waals surface area contributed by atoms with Gasteiger partial charge in [-0.05, 0) is 50.6 Å². The van der Waals surface area contributed by atoms with Crippen LogP contribution in [0, 0.1) is 5.41 Å². The van der Waals surface area contributed by atoms with Crippen molar-refractivity contribution in [3.8, 4) is 0 Å². The molecule has 4 rings (SSSR count). The van der Waals surface area contributed by atoms with Crippen molar-refractivity contribution in [3.05, 3.63) is 77.5 Å². The number of benzene rings is 2. The molecular weight excluding hydrogens is 516 g/mol. The minimum Gasteiger partial charge on any atom is -0.379 e. The molecule has 0 saturated heterocycles. The molecule has 4 N–H and O–H groups in total. The number of nitrogens with two attached hydrogens (primary N) is 1. The SMILES string of the molecule is CCN1/C(=C/C=C/C2=[N+](CCCSC(=N)N)c3ccccc3C2(C)C)C(C)(C)c2cc(S(=O)(=O)O)ccc21. The van der Waals surface area contributed by atoms with Gasteiger partial charge in [0.25, 0.3) is 10.1 Å². The zero-order valence-electron chi connectivity index (χ0n) is 22.7. The number of hydrogen-bond acceptors (Lipinski definition) is 5. The fourth-order valence-corrected chi connectivity index (χ4v) is 6.67. The van der Waals surface area contributed by atoms with Crippen LogP contribution in [-0.2, 0) is 20.9 Å². The Bertz CT molecular complexity index is 1470. The third kappa shape index (κ3) is 5.07. The fraction of sp³-hybridized carbons (Fsp3) is 0.379. The van der Waals surface area contributed by atoms with E-state index in [-0.39, 0.29) is 15.5 Å². The van der Waals surface area contributed by atoms with E-state index in [2.05, 4.69) is 86.6 Å². The maximum atomic E-state index is 11.8. The highest BCUT2D eigenvalue weighted by Gasteiger charge is 2.44. The Hall–Kier alpha value is -2.88. The van der Waals surface area contributed by atoms with Crippen LogP contribution in [0.1, 0.15) is 52.2 Å². The molecule has 2 aromatic rings. The van der Waals surface area contributed by atoms with E-state index in [9.17, 15) is 13.0 Å². The monoisotopic (exact) mass is 553 g/mol. The zero-order valence-corrected chi connectivity index (χ0v) is 24.3. The van der Waals surface area contributed by atoms with E-state index in [0.29, 0.717) is 0 Å². The van der Waals surface area contributed by atoms with Gasteiger partial charge in [0.2, 0.25) is 5.69 Å². The second-order valence-corrected chi connectivity index (χ2v) is 13.2. The van der Waals surface area contributed by atoms with Crippen LogP contribution < -0.4 is 10.6 Å². The van der Waals surface area contributed by atoms with Gasteiger partial charge in [0.05, 0.1) is 10.3 Å². The number of likely N-dealkylation sites (N-methyl/N-ethyl adjacent to an activating group) is 1. The summed E-state index contributed by atoms with van der Waals surface area (Å²) >= 11 is 1.37. The van der Waals surface area contributed by atoms with Crippen molar-refractivity contribution < 1.29 is 17.5 Å². The van der Waals surface area contributed by atoms with Crippen LogP contribution in [-0.4, -0.2) is 47.3 Å². The van der Waals surface area contributed by atoms with Crippen LogP contribution >= 0.6 is 11.8 Å². The molecule has 2 aliphatic rings. The van der Waals surface area contributed by atoms with Gasteiger partial charge in [-0.3, -0.25) is 9.96 Å². The third-order valence-corrected chi connectivity index (χ3v) is 9.22. The molecule has 2 heterocycles. The first kappa shape index (κ1) is 28.1. The van der Waals surface area contributed by atoms with Crippen molar-refractivity contribution in [3.63, 3.8) is 0 Å². The standard InChI is InChI=1S/C29H36N4O3S2/c1-6-32-24-16-15-20(38(34,35)36)19-22(24)29(4,5)25(32)13-9-14-26-28(2,3)21-11-7-8-12-23(21)33(26)17-10-18-37-27(30)31/h7-9,11-16,19H,6,10,17-18H2,1-5H3,(H3-,30,31,34,35,36)/p+1. The molecule has 0 aliphatic carbocycles. The molecular formula is C29H37N4O3S2+. The molecule has 0 amide bonds. The maximum absolute atomic E-state index is 11.8. The van der Waals surface area contributed by atoms with E-state index in [1.165, 1.54) is 34.8 Å². The van der Waals surface area contributed by atoms with Gasteiger partial charge in [-0.25, -0.2) is 0 Å². The molecule has 9 heteroatoms. The van der Waals surface area contributed by atoms with E-state index in [1.54, 1.807) is 12.1 Å². The largest absolute Gasteiger partial charge is 0.379 e. The summed E-state index contributed by atoms with van der Waals surface area (Å²) < 4.78 is 35.6. The number of amidine groups is 1. The van der Waals surface area contributed by atoms with Crippen LogP contribution in [0.5, 0.6) is 0 Å². The summed E-state index contributed by atoms with van der Waals surface area (Å²) in [7, 11) is -4.29. The number of anilines is 1. The molecule has 0 unspecified atom stereocenters. The van der Waals surface area contributed by atoms with Crippen LogP contribution in [0.4, 0.5) is 11.4 Å². The molecule has 2 aliphatic heterocycles. The van der Waals surface area contributed by atoms with Crippen molar-refractivity contribution in [2.45, 2.75) is 56.8 Å². The molecule has 38 heavy (non-hydrogen) atoms. The highest BCUT2D eigenvalue weighted by Crippen LogP contribution is 2.48. The highest BCUT2D eigenvalue weighted by molar-refractivity contribution is 8.13. The Morgan fingerprint density at radius 3 is 2.50 bits per heavy atom. The lowest BCUT2D eigenvalue weighted by Gasteiger charge is -2.25. The zero-order chi connectivity index (χ0) is 27.9. The summed E-state index contributed by atoms with van der Waals surface area (Å²) in [5.41, 5.74) is 11.5. The second-order valence-electron chi connectivity index (χ2n) is 10.7. The number of fused-ring (bicyclic) bond motifs is 2. The van der Waals surface area contributed by atoms with Gasteiger partial charge in [0.15, 0.2) is 10.9 Å². The lowest BCUT2D eigenvalue weighted by Crippen LogP contribution is -2.28. The third-order valence-electron chi connectivity index (χ3n) is 7.57. The smallest absolute Gasteiger partial charge is 0.294 e. The van der Waals surface area contributed by atoms with E-state index in [0.717, 1.165) is 42.2 Å². The van der Waals surface area contributed by atoms with Crippen LogP contribution in [0.15, 0.2) is 71.3 Å². The average Bonchev–Trinajstić information content (AvgIpc) is 3.20. The summed E-state index contributed by atoms with van der Waals surface area (Å²) in [6.45, 7) is 12.3. The Kier molecular flexibility index (Phi) is 7.67. The molecule has 7 nitrogen and oxygen atoms in total. The molecule has 0 radical (unpaired) electrons. The van der Waals surface area contributed by atoms with Gasteiger partial charge in [0.1, 0.15) is 6.54 Å². The Morgan fingerprint density at radius 1 is 1.13 bits per heavy atom. The number of hydrogen-bond donors (Lipinski definition) is 3. The molecule has 0 spiro atoms. The summed E-state index contributed by atoms with van der Waals surface area (Å²) in [6, 6.07) is 13.3. The van der Waals surface area contributed by atoms with Gasteiger partial charge in [-0.1, -0.05) is 49.9 Å². The molecule has 0 bridgehead atoms. The Balaban J connectivity index is 1.72. The molecule has 0 fully saturated rings. The highest BCUT2D eigenvalue weighted by atomic mass is 32.2. The quantitative estimate of drug-likeness (QED) is 0.129. The fourth-order valence-electron chi connectivity index (χ4n) is 5.67. The van der Waals surface area contributed by atoms with Crippen LogP contribution in [0.3, 0.4) is 0 Å². The molecule has 0 aromatic heterocycles. The van der Waals surface area contributed by atoms with Crippen molar-refractivity contribution in [1.82, 2.24) is 0 Å². The first-order chi connectivity index (χ1) is 17.8. The van der Waals surface area contributed by atoms with Gasteiger partial charge >= 0.3 is 0 Å². The summed E-state index contributed by atoms with van der Waals surface area (Å²) in [6.07, 6.45) is 7.29. The average molecular weight is 554 g/mol. The second kappa shape index (κ2) is 10.4. The van der Waals surface area contributed by atoms with Crippen molar-refractivity contribution in [2.24, 2.45) is 5.73 Å². The van der Waals surface area contributed by atoms with Gasteiger partial charge < -0.3 is 10.6 Å². The Labute approximate surface area is 230 Å². The number of thioether (sulfide) groups is 1. The number of para-hydroxylation sites is 1. The summed E-state index contributed by atoms with van der Waals surface area (Å²) in [5, 5.41) is 7.63. The van der Waals surface area contributed by atoms with Gasteiger partial charge in [-0.15, -0.1) is 0 Å². The van der Waals surface area contributed by atoms with Gasteiger partial charge in [-0.2, -0.15) is 13.0 Å². The Morgan fingerprint density at radius 2 is 1.84 bits per heavy atom. The molecule has 0 saturated carbocycles. The van der Waals surface area contributed by atoms with Crippen molar-refractivity contribution in [2.75, 3.05) is 23.7 Å². The van der Waals surface area contributed by atoms with Crippen LogP contribution in [0.2, 0.25) is 0 Å². The minimum absolute atomic E-state index is 0.0863. The van der Waals surface area contributed by atoms with E-state index >= 15 is 0 Å². The topological polar surface area (TPSA) is 110 Å². The first-order valence-electron chi connectivity index (χ1n) is 12.8. The maximum Gasteiger partial charge on any atom is 0.294 e. The predicted octanol–water partition coefficient (Wildman–Crippen LogP) is 5.58. The molecule has 2 aromatic carbocycles. The normalized spacial score (nSPS) is 18.9. The summed E-state index contributed by atoms with van der Waals surface area (Å²) in [4.78, 5) is 2.11. The number of rotatable bonds is 8. The first-order valence-corrected chi connectivity index (χ1v) is 15.2. The van der Waals surface area contributed by atoms with Crippen molar-refractivity contribution in [1.29, 1.82) is 5.41 Å². The number of nitrogens with zero attached hydrogens (tertiary/aromatic N) is 2. The number of nitrogens with one attached hydrogen (secondary N) is 1. The van der Waals surface area contributed by atoms with Gasteiger partial charge in [0, 0.05) is 53.2 Å².